The summed E-state index contributed by atoms with van der Waals surface area (Å²) in [4.78, 5) is 41.2. The molecule has 0 bridgehead atoms. The quantitative estimate of drug-likeness (QED) is 0.0559. The third-order valence-corrected chi connectivity index (χ3v) is 7.26. The maximum absolute atomic E-state index is 16.2. The Morgan fingerprint density at radius 1 is 1.02 bits per heavy atom. The normalized spacial score (nSPS) is 12.0. The van der Waals surface area contributed by atoms with Crippen molar-refractivity contribution in [2.24, 2.45) is 16.6 Å². The van der Waals surface area contributed by atoms with E-state index in [1.165, 1.54) is 36.3 Å². The number of aliphatic imine (C=N–C) groups is 1. The van der Waals surface area contributed by atoms with E-state index in [-0.39, 0.29) is 60.2 Å². The highest BCUT2D eigenvalue weighted by Gasteiger charge is 2.29. The van der Waals surface area contributed by atoms with E-state index >= 15 is 4.39 Å². The van der Waals surface area contributed by atoms with Gasteiger partial charge in [-0.15, -0.1) is 9.78 Å². The lowest BCUT2D eigenvalue weighted by molar-refractivity contribution is -0.0196. The van der Waals surface area contributed by atoms with Crippen molar-refractivity contribution >= 4 is 23.8 Å². The maximum Gasteiger partial charge on any atom is 0.511 e. The molecule has 17 heteroatoms. The third-order valence-electron chi connectivity index (χ3n) is 7.26. The van der Waals surface area contributed by atoms with Crippen molar-refractivity contribution < 1.29 is 42.4 Å². The highest BCUT2D eigenvalue weighted by atomic mass is 19.1. The number of anilines is 1. The average Bonchev–Trinajstić information content (AvgIpc) is 3.57. The molecule has 52 heavy (non-hydrogen) atoms. The zero-order chi connectivity index (χ0) is 37.6. The summed E-state index contributed by atoms with van der Waals surface area (Å²) in [6, 6.07) is 9.80. The first kappa shape index (κ1) is 38.8. The van der Waals surface area contributed by atoms with Crippen molar-refractivity contribution in [2.75, 3.05) is 32.4 Å². The molecule has 0 radical (unpaired) electrons. The summed E-state index contributed by atoms with van der Waals surface area (Å²) < 4.78 is 49.7. The number of amidine groups is 1. The molecule has 1 atom stereocenters. The molecular formula is C35H43FN8O8. The highest BCUT2D eigenvalue weighted by molar-refractivity contribution is 6.02. The minimum atomic E-state index is -1.11. The molecular weight excluding hydrogens is 679 g/mol. The van der Waals surface area contributed by atoms with Crippen LogP contribution in [-0.2, 0) is 14.2 Å². The lowest BCUT2D eigenvalue weighted by atomic mass is 10.0. The van der Waals surface area contributed by atoms with Gasteiger partial charge in [0.1, 0.15) is 23.7 Å². The molecule has 0 saturated carbocycles. The molecule has 2 heterocycles. The van der Waals surface area contributed by atoms with Gasteiger partial charge in [0.25, 0.3) is 5.95 Å². The molecule has 2 aromatic carbocycles. The summed E-state index contributed by atoms with van der Waals surface area (Å²) in [5.41, 5.74) is 7.05. The fourth-order valence-corrected chi connectivity index (χ4v) is 4.62. The molecule has 0 spiro atoms. The fourth-order valence-electron chi connectivity index (χ4n) is 4.62. The summed E-state index contributed by atoms with van der Waals surface area (Å²) in [7, 11) is 1.44. The predicted octanol–water partition coefficient (Wildman–Crippen LogP) is 5.98. The number of nitrogens with two attached hydrogens (primary N) is 1. The van der Waals surface area contributed by atoms with Crippen LogP contribution in [0.5, 0.6) is 17.5 Å². The SMILES string of the molecule is CCOc1cc(OC)cc([C@@H](Nc2ccc(C(N)=NC(=O)OCC(C)C)cc2)c2nc(OCOC(=O)OC(CC)CC)n(-c3ncccn3)n2)c1F. The summed E-state index contributed by atoms with van der Waals surface area (Å²) in [6.07, 6.45) is 2.18. The molecule has 0 fully saturated rings. The van der Waals surface area contributed by atoms with Gasteiger partial charge >= 0.3 is 18.3 Å². The third kappa shape index (κ3) is 10.5. The molecule has 4 rings (SSSR count). The lowest BCUT2D eigenvalue weighted by Crippen LogP contribution is -2.20. The van der Waals surface area contributed by atoms with E-state index in [4.69, 9.17) is 34.2 Å². The van der Waals surface area contributed by atoms with Gasteiger partial charge in [-0.1, -0.05) is 27.7 Å². The summed E-state index contributed by atoms with van der Waals surface area (Å²) in [6.45, 7) is 9.12. The van der Waals surface area contributed by atoms with E-state index in [9.17, 15) is 9.59 Å². The number of rotatable bonds is 17. The zero-order valence-electron chi connectivity index (χ0n) is 29.9. The summed E-state index contributed by atoms with van der Waals surface area (Å²) >= 11 is 0. The Morgan fingerprint density at radius 3 is 2.37 bits per heavy atom. The molecule has 0 aliphatic heterocycles. The average molecular weight is 723 g/mol. The van der Waals surface area contributed by atoms with Crippen LogP contribution in [0, 0.1) is 11.7 Å². The van der Waals surface area contributed by atoms with Crippen LogP contribution in [0.15, 0.2) is 59.9 Å². The monoisotopic (exact) mass is 722 g/mol. The number of carbonyl (C=O) groups excluding carboxylic acids is 2. The van der Waals surface area contributed by atoms with Gasteiger partial charge < -0.3 is 39.5 Å². The molecule has 3 N–H and O–H groups in total. The largest absolute Gasteiger partial charge is 0.511 e. The Hall–Kier alpha value is -6.00. The molecule has 0 aliphatic carbocycles. The van der Waals surface area contributed by atoms with Gasteiger partial charge in [0.05, 0.1) is 20.3 Å². The standard InChI is InChI=1S/C35H43FN8O8/c1-7-24(8-2)52-35(46)51-20-50-33-42-31(43-44(33)32-38-15-10-16-39-32)29(26-17-25(47-6)18-27(28(26)36)48-9-3)40-23-13-11-22(12-14-23)30(37)41-34(45)49-19-21(4)5/h10-18,21,24,29,40H,7-9,19-20H2,1-6H3,(H2,37,41,45)/t29-/m1/s1. The molecule has 0 saturated heterocycles. The van der Waals surface area contributed by atoms with Crippen molar-refractivity contribution in [1.82, 2.24) is 24.7 Å². The van der Waals surface area contributed by atoms with Crippen LogP contribution in [0.25, 0.3) is 5.95 Å². The number of hydrogen-bond donors (Lipinski definition) is 2. The number of ether oxygens (including phenoxy) is 6. The van der Waals surface area contributed by atoms with Crippen LogP contribution < -0.4 is 25.3 Å². The van der Waals surface area contributed by atoms with Gasteiger partial charge in [-0.25, -0.2) is 23.9 Å². The van der Waals surface area contributed by atoms with Crippen LogP contribution in [0.4, 0.5) is 19.7 Å². The maximum atomic E-state index is 16.2. The van der Waals surface area contributed by atoms with Crippen molar-refractivity contribution in [3.8, 4) is 23.5 Å². The van der Waals surface area contributed by atoms with E-state index in [2.05, 4.69) is 30.4 Å². The first-order valence-corrected chi connectivity index (χ1v) is 16.6. The number of methoxy groups -OCH3 is 1. The highest BCUT2D eigenvalue weighted by Crippen LogP contribution is 2.36. The Morgan fingerprint density at radius 2 is 1.73 bits per heavy atom. The van der Waals surface area contributed by atoms with Crippen molar-refractivity contribution in [2.45, 2.75) is 59.6 Å². The summed E-state index contributed by atoms with van der Waals surface area (Å²) in [5.74, 6) is -0.279. The van der Waals surface area contributed by atoms with Crippen molar-refractivity contribution in [3.05, 3.63) is 77.6 Å². The van der Waals surface area contributed by atoms with E-state index in [0.29, 0.717) is 29.8 Å². The molecule has 278 valence electrons. The van der Waals surface area contributed by atoms with Crippen molar-refractivity contribution in [1.29, 1.82) is 0 Å². The first-order valence-electron chi connectivity index (χ1n) is 16.6. The van der Waals surface area contributed by atoms with Gasteiger partial charge in [0.15, 0.2) is 17.4 Å². The second-order valence-electron chi connectivity index (χ2n) is 11.5. The smallest absolute Gasteiger partial charge is 0.497 e. The number of benzene rings is 2. The first-order chi connectivity index (χ1) is 25.1. The van der Waals surface area contributed by atoms with Gasteiger partial charge in [-0.2, -0.15) is 9.98 Å². The van der Waals surface area contributed by atoms with Crippen LogP contribution in [0.1, 0.15) is 70.5 Å². The molecule has 1 amide bonds. The topological polar surface area (TPSA) is 196 Å². The zero-order valence-corrected chi connectivity index (χ0v) is 29.9. The number of amides is 1. The van der Waals surface area contributed by atoms with E-state index < -0.39 is 30.9 Å². The lowest BCUT2D eigenvalue weighted by Gasteiger charge is -2.20. The molecule has 0 aliphatic rings. The van der Waals surface area contributed by atoms with Crippen molar-refractivity contribution in [3.63, 3.8) is 0 Å². The molecule has 0 unspecified atom stereocenters. The molecule has 2 aromatic heterocycles. The molecule has 16 nitrogen and oxygen atoms in total. The van der Waals surface area contributed by atoms with Gasteiger partial charge in [0.2, 0.25) is 6.79 Å². The van der Waals surface area contributed by atoms with E-state index in [0.717, 1.165) is 0 Å². The van der Waals surface area contributed by atoms with E-state index in [1.54, 1.807) is 37.3 Å². The van der Waals surface area contributed by atoms with Gasteiger partial charge in [0, 0.05) is 35.3 Å². The number of halogens is 1. The number of aromatic nitrogens is 5. The minimum Gasteiger partial charge on any atom is -0.497 e. The minimum absolute atomic E-state index is 0.00899. The second kappa shape index (κ2) is 18.8. The fraction of sp³-hybridized carbons (Fsp3) is 0.400. The van der Waals surface area contributed by atoms with Gasteiger partial charge in [-0.3, -0.25) is 0 Å². The van der Waals surface area contributed by atoms with Crippen LogP contribution in [0.3, 0.4) is 0 Å². The van der Waals surface area contributed by atoms with E-state index in [1.807, 2.05) is 27.7 Å². The van der Waals surface area contributed by atoms with Crippen LogP contribution >= 0.6 is 0 Å². The number of nitrogens with one attached hydrogen (secondary N) is 1. The van der Waals surface area contributed by atoms with Crippen LogP contribution in [0.2, 0.25) is 0 Å². The Kier molecular flexibility index (Phi) is 14.1. The predicted molar refractivity (Wildman–Crippen MR) is 187 cm³/mol. The number of carbonyl (C=O) groups is 2. The second-order valence-corrected chi connectivity index (χ2v) is 11.5. The molecule has 4 aromatic rings. The van der Waals surface area contributed by atoms with Gasteiger partial charge in [-0.05, 0) is 62.1 Å². The Balaban J connectivity index is 1.73. The Bertz CT molecular complexity index is 1800. The Labute approximate surface area is 300 Å². The van der Waals surface area contributed by atoms with Crippen LogP contribution in [-0.4, -0.2) is 76.0 Å². The number of nitrogens with zero attached hydrogens (tertiary/aromatic N) is 6. The number of hydrogen-bond acceptors (Lipinski definition) is 13. The summed E-state index contributed by atoms with van der Waals surface area (Å²) in [5, 5.41) is 7.84.